The number of nitro groups is 1. The molecular formula is C2H4AuNO2Se. The first-order valence-electron chi connectivity index (χ1n) is 1.47. The van der Waals surface area contributed by atoms with Gasteiger partial charge in [-0.2, -0.15) is 0 Å². The van der Waals surface area contributed by atoms with Crippen molar-refractivity contribution in [2.75, 3.05) is 6.54 Å². The molecule has 3 nitrogen and oxygen atoms in total. The van der Waals surface area contributed by atoms with Gasteiger partial charge in [0.25, 0.3) is 0 Å². The molecule has 5 heteroatoms. The van der Waals surface area contributed by atoms with Gasteiger partial charge >= 0.3 is 42.9 Å². The average Bonchev–Trinajstić information content (AvgIpc) is 1.35. The molecule has 0 heterocycles. The third kappa shape index (κ3) is 10.8. The molecule has 46 valence electrons. The van der Waals surface area contributed by atoms with Crippen molar-refractivity contribution in [3.63, 3.8) is 0 Å². The fourth-order valence-electron chi connectivity index (χ4n) is 0.0745. The van der Waals surface area contributed by atoms with Crippen LogP contribution in [0.4, 0.5) is 0 Å². The number of rotatable bonds is 2. The van der Waals surface area contributed by atoms with E-state index < -0.39 is 0 Å². The minimum Gasteiger partial charge on any atom is 0 e. The largest absolute Gasteiger partial charge is 0 e. The molecule has 0 aliphatic carbocycles. The maximum Gasteiger partial charge on any atom is 0 e. The molecule has 0 saturated carbocycles. The smallest absolute Gasteiger partial charge is 0 e. The summed E-state index contributed by atoms with van der Waals surface area (Å²) in [6.45, 7) is 0.0417. The third-order valence-electron chi connectivity index (χ3n) is 0.274. The molecule has 0 unspecified atom stereocenters. The molecule has 0 bridgehead atoms. The van der Waals surface area contributed by atoms with Crippen LogP contribution >= 0.6 is 0 Å². The van der Waals surface area contributed by atoms with Crippen LogP contribution in [0.5, 0.6) is 0 Å². The number of nitrogens with zero attached hydrogens (tertiary/aromatic N) is 1. The van der Waals surface area contributed by atoms with Gasteiger partial charge in [-0.3, -0.25) is 0 Å². The molecule has 0 spiro atoms. The Bertz CT molecular complexity index is 59.7. The summed E-state index contributed by atoms with van der Waals surface area (Å²) in [5.74, 6) is 0. The van der Waals surface area contributed by atoms with Crippen molar-refractivity contribution in [3.05, 3.63) is 10.1 Å². The zero-order valence-corrected chi connectivity index (χ0v) is 7.27. The van der Waals surface area contributed by atoms with Crippen LogP contribution in [-0.4, -0.2) is 27.5 Å². The van der Waals surface area contributed by atoms with E-state index in [0.717, 1.165) is 0 Å². The zero-order valence-electron chi connectivity index (χ0n) is 3.39. The maximum atomic E-state index is 9.38. The Morgan fingerprint density at radius 1 is 1.71 bits per heavy atom. The van der Waals surface area contributed by atoms with E-state index in [9.17, 15) is 10.1 Å². The Labute approximate surface area is 65.3 Å². The van der Waals surface area contributed by atoms with Gasteiger partial charge in [-0.25, -0.2) is 0 Å². The first-order chi connectivity index (χ1) is 2.77. The Hall–Kier alpha value is 0.660. The molecule has 0 aromatic heterocycles. The van der Waals surface area contributed by atoms with Crippen LogP contribution in [0.15, 0.2) is 0 Å². The summed E-state index contributed by atoms with van der Waals surface area (Å²) in [6, 6.07) is 0. The van der Waals surface area contributed by atoms with E-state index in [4.69, 9.17) is 0 Å². The molecule has 0 aliphatic heterocycles. The second kappa shape index (κ2) is 6.66. The summed E-state index contributed by atoms with van der Waals surface area (Å²) in [6.07, 6.45) is 0. The second-order valence-corrected chi connectivity index (χ2v) is 1.62. The standard InChI is InChI=1S/C2H4NO2Se.Au/c4-3(5)1-2-6;/h1-2H2;. The minimum atomic E-state index is -0.351. The van der Waals surface area contributed by atoms with Gasteiger partial charge in [-0.05, 0) is 0 Å². The van der Waals surface area contributed by atoms with Crippen molar-refractivity contribution in [3.8, 4) is 0 Å². The Morgan fingerprint density at radius 3 is 2.14 bits per heavy atom. The fraction of sp³-hybridized carbons (Fsp3) is 1.00. The Morgan fingerprint density at radius 2 is 2.14 bits per heavy atom. The molecule has 2 radical (unpaired) electrons. The van der Waals surface area contributed by atoms with E-state index in [0.29, 0.717) is 5.32 Å². The van der Waals surface area contributed by atoms with Crippen LogP contribution < -0.4 is 0 Å². The van der Waals surface area contributed by atoms with Gasteiger partial charge in [0.15, 0.2) is 0 Å². The van der Waals surface area contributed by atoms with Crippen LogP contribution in [0.1, 0.15) is 0 Å². The van der Waals surface area contributed by atoms with Crippen molar-refractivity contribution in [1.29, 1.82) is 0 Å². The normalized spacial score (nSPS) is 7.00. The van der Waals surface area contributed by atoms with Crippen LogP contribution in [-0.2, 0) is 22.4 Å². The molecular weight excluding hydrogens is 346 g/mol. The Balaban J connectivity index is 0. The molecule has 0 amide bonds. The topological polar surface area (TPSA) is 43.1 Å². The van der Waals surface area contributed by atoms with Crippen molar-refractivity contribution < 1.29 is 27.3 Å². The number of hydrogen-bond acceptors (Lipinski definition) is 2. The van der Waals surface area contributed by atoms with Crippen LogP contribution in [0, 0.1) is 10.1 Å². The molecule has 0 rings (SSSR count). The first kappa shape index (κ1) is 10.6. The monoisotopic (exact) mass is 351 g/mol. The van der Waals surface area contributed by atoms with E-state index in [-0.39, 0.29) is 33.8 Å². The molecule has 0 aromatic rings. The quantitative estimate of drug-likeness (QED) is 0.395. The zero-order chi connectivity index (χ0) is 4.99. The molecule has 0 aliphatic rings. The van der Waals surface area contributed by atoms with Crippen LogP contribution in [0.25, 0.3) is 0 Å². The fourth-order valence-corrected chi connectivity index (χ4v) is 0.387. The van der Waals surface area contributed by atoms with Gasteiger partial charge in [-0.1, -0.05) is 0 Å². The summed E-state index contributed by atoms with van der Waals surface area (Å²) < 4.78 is 0. The molecule has 0 saturated heterocycles. The van der Waals surface area contributed by atoms with Crippen LogP contribution in [0.3, 0.4) is 0 Å². The molecule has 0 atom stereocenters. The van der Waals surface area contributed by atoms with Crippen LogP contribution in [0.2, 0.25) is 5.32 Å². The summed E-state index contributed by atoms with van der Waals surface area (Å²) in [7, 11) is 0. The molecule has 0 fully saturated rings. The molecule has 0 aromatic carbocycles. The maximum absolute atomic E-state index is 9.38. The van der Waals surface area contributed by atoms with Gasteiger partial charge < -0.3 is 0 Å². The van der Waals surface area contributed by atoms with Gasteiger partial charge in [0, 0.05) is 22.4 Å². The first-order valence-corrected chi connectivity index (χ1v) is 2.68. The number of hydrogen-bond donors (Lipinski definition) is 0. The van der Waals surface area contributed by atoms with Crippen molar-refractivity contribution in [2.45, 2.75) is 5.32 Å². The minimum absolute atomic E-state index is 0. The van der Waals surface area contributed by atoms with E-state index in [2.05, 4.69) is 16.0 Å². The van der Waals surface area contributed by atoms with Crippen molar-refractivity contribution >= 4 is 16.0 Å². The summed E-state index contributed by atoms with van der Waals surface area (Å²) in [5.41, 5.74) is 0. The molecule has 0 N–H and O–H groups in total. The third-order valence-corrected chi connectivity index (χ3v) is 0.657. The molecule has 7 heavy (non-hydrogen) atoms. The summed E-state index contributed by atoms with van der Waals surface area (Å²) in [4.78, 5) is 9.03. The predicted octanol–water partition coefficient (Wildman–Crippen LogP) is -0.153. The summed E-state index contributed by atoms with van der Waals surface area (Å²) >= 11 is 2.53. The van der Waals surface area contributed by atoms with Gasteiger partial charge in [-0.15, -0.1) is 0 Å². The average molecular weight is 350 g/mol. The SMILES string of the molecule is O=[N+]([O-])CC[Se].[Au]. The Kier molecular flexibility index (Phi) is 10.1. The summed E-state index contributed by atoms with van der Waals surface area (Å²) in [5, 5.41) is 9.89. The van der Waals surface area contributed by atoms with E-state index >= 15 is 0 Å². The van der Waals surface area contributed by atoms with Gasteiger partial charge in [0.1, 0.15) is 0 Å². The van der Waals surface area contributed by atoms with Gasteiger partial charge in [0.2, 0.25) is 0 Å². The van der Waals surface area contributed by atoms with E-state index in [1.54, 1.807) is 0 Å². The van der Waals surface area contributed by atoms with E-state index in [1.807, 2.05) is 0 Å². The predicted molar refractivity (Wildman–Crippen MR) is 22.4 cm³/mol. The second-order valence-electron chi connectivity index (χ2n) is 0.760. The van der Waals surface area contributed by atoms with Gasteiger partial charge in [0.05, 0.1) is 0 Å². The van der Waals surface area contributed by atoms with Crippen molar-refractivity contribution in [2.24, 2.45) is 0 Å². The van der Waals surface area contributed by atoms with E-state index in [1.165, 1.54) is 0 Å². The van der Waals surface area contributed by atoms with Crippen molar-refractivity contribution in [1.82, 2.24) is 0 Å².